The molecule has 1 aliphatic heterocycles. The van der Waals surface area contributed by atoms with Crippen molar-refractivity contribution in [2.75, 3.05) is 7.11 Å². The molecule has 3 rings (SSSR count). The molecule has 11 heteroatoms. The van der Waals surface area contributed by atoms with Crippen LogP contribution in [-0.4, -0.2) is 40.3 Å². The number of ketones is 1. The molecule has 0 fully saturated rings. The number of benzene rings is 1. The van der Waals surface area contributed by atoms with Gasteiger partial charge in [-0.3, -0.25) is 4.79 Å². The van der Waals surface area contributed by atoms with Crippen molar-refractivity contribution in [2.24, 2.45) is 5.92 Å². The minimum Gasteiger partial charge on any atom is -0.508 e. The van der Waals surface area contributed by atoms with Crippen LogP contribution in [0.4, 0.5) is 13.2 Å². The first-order chi connectivity index (χ1) is 12.5. The molecule has 1 heterocycles. The summed E-state index contributed by atoms with van der Waals surface area (Å²) in [6, 6.07) is 1.04. The Labute approximate surface area is 161 Å². The number of aliphatic hydroxyl groups excluding tert-OH is 2. The lowest BCUT2D eigenvalue weighted by Crippen LogP contribution is -2.51. The molecule has 6 nitrogen and oxygen atoms in total. The fourth-order valence-electron chi connectivity index (χ4n) is 3.25. The van der Waals surface area contributed by atoms with Gasteiger partial charge in [0, 0.05) is 12.0 Å². The van der Waals surface area contributed by atoms with E-state index in [1.807, 2.05) is 0 Å². The summed E-state index contributed by atoms with van der Waals surface area (Å²) in [4.78, 5) is 13.1. The van der Waals surface area contributed by atoms with E-state index in [2.05, 4.69) is 4.18 Å². The Morgan fingerprint density at radius 3 is 2.63 bits per heavy atom. The fourth-order valence-corrected chi connectivity index (χ4v) is 3.84. The van der Waals surface area contributed by atoms with Gasteiger partial charge in [0.05, 0.1) is 13.2 Å². The smallest absolute Gasteiger partial charge is 0.479 e. The van der Waals surface area contributed by atoms with Crippen molar-refractivity contribution in [2.45, 2.75) is 30.6 Å². The van der Waals surface area contributed by atoms with E-state index in [1.54, 1.807) is 6.92 Å². The molecule has 2 aliphatic rings. The minimum atomic E-state index is -4.68. The zero-order valence-corrected chi connectivity index (χ0v) is 15.5. The molecule has 27 heavy (non-hydrogen) atoms. The van der Waals surface area contributed by atoms with Crippen molar-refractivity contribution in [1.29, 1.82) is 0 Å². The van der Waals surface area contributed by atoms with E-state index in [0.717, 1.165) is 12.1 Å². The van der Waals surface area contributed by atoms with Crippen LogP contribution in [0, 0.1) is 5.92 Å². The summed E-state index contributed by atoms with van der Waals surface area (Å²) in [5, 5.41) is 19.8. The maximum atomic E-state index is 13.1. The summed E-state index contributed by atoms with van der Waals surface area (Å²) in [5.41, 5.74) is -6.63. The summed E-state index contributed by atoms with van der Waals surface area (Å²) in [7, 11) is 1.21. The third kappa shape index (κ3) is 3.19. The Balaban J connectivity index is 2.10. The van der Waals surface area contributed by atoms with E-state index < -0.39 is 52.5 Å². The average Bonchev–Trinajstić information content (AvgIpc) is 2.87. The maximum absolute atomic E-state index is 13.1. The number of methoxy groups -OCH3 is 1. The Kier molecular flexibility index (Phi) is 4.94. The summed E-state index contributed by atoms with van der Waals surface area (Å²) in [5.74, 6) is -2.58. The maximum Gasteiger partial charge on any atom is 0.479 e. The third-order valence-corrected chi connectivity index (χ3v) is 5.25. The number of halogens is 4. The Morgan fingerprint density at radius 1 is 1.41 bits per heavy atom. The monoisotopic (exact) mass is 426 g/mol. The number of aliphatic hydroxyl groups is 2. The molecule has 1 aromatic carbocycles. The number of Topliss-reactive ketones (excluding diaryl/α,β-unsaturated/α-hetero) is 1. The van der Waals surface area contributed by atoms with Crippen LogP contribution in [0.1, 0.15) is 23.7 Å². The molecule has 1 spiro atoms. The molecule has 0 amide bonds. The summed E-state index contributed by atoms with van der Waals surface area (Å²) in [6.07, 6.45) is 0.239. The molecule has 0 bridgehead atoms. The summed E-state index contributed by atoms with van der Waals surface area (Å²) >= 11 is 5.34. The van der Waals surface area contributed by atoms with Crippen molar-refractivity contribution in [3.8, 4) is 17.2 Å². The van der Waals surface area contributed by atoms with Crippen molar-refractivity contribution in [1.82, 2.24) is 0 Å². The number of alkyl halides is 3. The standard InChI is InChI=1S/C16H14ClF3O6S/c1-6-3-7(21)4-10(22)15(6)14(23)11-8(24-2)5-9(12(17)13(11)25-15)26-27-16(18,19)20/h4-7,21-22H,3H2,1-2H3/t6-,7?,15+/m1/s1. The molecule has 0 saturated heterocycles. The van der Waals surface area contributed by atoms with Gasteiger partial charge < -0.3 is 23.9 Å². The van der Waals surface area contributed by atoms with Gasteiger partial charge in [-0.15, -0.1) is 0 Å². The molecule has 1 aromatic rings. The van der Waals surface area contributed by atoms with Gasteiger partial charge >= 0.3 is 5.51 Å². The average molecular weight is 427 g/mol. The predicted octanol–water partition coefficient (Wildman–Crippen LogP) is 4.05. The van der Waals surface area contributed by atoms with E-state index in [4.69, 9.17) is 21.1 Å². The highest BCUT2D eigenvalue weighted by Crippen LogP contribution is 2.55. The molecule has 0 saturated carbocycles. The summed E-state index contributed by atoms with van der Waals surface area (Å²) < 4.78 is 52.7. The number of rotatable bonds is 3. The van der Waals surface area contributed by atoms with Crippen molar-refractivity contribution in [3.05, 3.63) is 28.5 Å². The van der Waals surface area contributed by atoms with Gasteiger partial charge in [0.15, 0.2) is 23.5 Å². The molecule has 0 aromatic heterocycles. The molecular weight excluding hydrogens is 413 g/mol. The Hall–Kier alpha value is -1.78. The van der Waals surface area contributed by atoms with E-state index in [9.17, 15) is 28.2 Å². The van der Waals surface area contributed by atoms with Crippen LogP contribution in [0.2, 0.25) is 5.02 Å². The van der Waals surface area contributed by atoms with E-state index >= 15 is 0 Å². The second kappa shape index (κ2) is 6.68. The van der Waals surface area contributed by atoms with Gasteiger partial charge in [-0.05, 0) is 12.5 Å². The zero-order chi connectivity index (χ0) is 20.1. The topological polar surface area (TPSA) is 85.2 Å². The number of hydrogen-bond acceptors (Lipinski definition) is 7. The number of carbonyl (C=O) groups is 1. The van der Waals surface area contributed by atoms with E-state index in [1.165, 1.54) is 7.11 Å². The van der Waals surface area contributed by atoms with Crippen LogP contribution in [-0.2, 0) is 0 Å². The molecule has 1 unspecified atom stereocenters. The lowest BCUT2D eigenvalue weighted by atomic mass is 9.75. The van der Waals surface area contributed by atoms with Crippen LogP contribution in [0.15, 0.2) is 17.9 Å². The SMILES string of the molecule is COc1cc(OSC(F)(F)F)c(Cl)c2c1C(=O)[C@@]1(O2)C(O)=CC(O)C[C@H]1C. The second-order valence-electron chi connectivity index (χ2n) is 6.13. The Morgan fingerprint density at radius 2 is 2.07 bits per heavy atom. The van der Waals surface area contributed by atoms with Crippen molar-refractivity contribution < 1.29 is 41.8 Å². The van der Waals surface area contributed by atoms with Gasteiger partial charge in [0.2, 0.25) is 11.4 Å². The highest BCUT2D eigenvalue weighted by molar-refractivity contribution is 7.95. The third-order valence-electron chi connectivity index (χ3n) is 4.44. The van der Waals surface area contributed by atoms with Gasteiger partial charge in [0.25, 0.3) is 0 Å². The van der Waals surface area contributed by atoms with Crippen molar-refractivity contribution >= 4 is 29.4 Å². The molecule has 1 aliphatic carbocycles. The van der Waals surface area contributed by atoms with Gasteiger partial charge in [-0.25, -0.2) is 0 Å². The molecule has 0 radical (unpaired) electrons. The molecular formula is C16H14ClF3O6S. The lowest BCUT2D eigenvalue weighted by Gasteiger charge is -2.36. The first-order valence-corrected chi connectivity index (χ1v) is 8.79. The predicted molar refractivity (Wildman–Crippen MR) is 90.5 cm³/mol. The highest BCUT2D eigenvalue weighted by Gasteiger charge is 2.59. The molecule has 2 N–H and O–H groups in total. The van der Waals surface area contributed by atoms with Crippen LogP contribution in [0.25, 0.3) is 0 Å². The van der Waals surface area contributed by atoms with Crippen molar-refractivity contribution in [3.63, 3.8) is 0 Å². The fraction of sp³-hybridized carbons (Fsp3) is 0.438. The van der Waals surface area contributed by atoms with E-state index in [0.29, 0.717) is 0 Å². The number of hydrogen-bond donors (Lipinski definition) is 2. The Bertz CT molecular complexity index is 827. The minimum absolute atomic E-state index is 0.111. The van der Waals surface area contributed by atoms with Crippen LogP contribution < -0.4 is 13.7 Å². The van der Waals surface area contributed by atoms with Crippen LogP contribution in [0.3, 0.4) is 0 Å². The van der Waals surface area contributed by atoms with Gasteiger partial charge in [-0.1, -0.05) is 18.5 Å². The number of carbonyl (C=O) groups excluding carboxylic acids is 1. The first kappa shape index (κ1) is 20.0. The number of fused-ring (bicyclic) bond motifs is 1. The van der Waals surface area contributed by atoms with Crippen LogP contribution in [0.5, 0.6) is 17.2 Å². The van der Waals surface area contributed by atoms with Gasteiger partial charge in [0.1, 0.15) is 22.1 Å². The van der Waals surface area contributed by atoms with E-state index in [-0.39, 0.29) is 28.5 Å². The first-order valence-electron chi connectivity index (χ1n) is 7.67. The quantitative estimate of drug-likeness (QED) is 0.705. The van der Waals surface area contributed by atoms with Crippen LogP contribution >= 0.6 is 23.6 Å². The molecule has 148 valence electrons. The second-order valence-corrected chi connectivity index (χ2v) is 7.30. The number of ether oxygens (including phenoxy) is 2. The molecule has 3 atom stereocenters. The lowest BCUT2D eigenvalue weighted by molar-refractivity contribution is -0.0369. The highest BCUT2D eigenvalue weighted by atomic mass is 35.5. The normalized spacial score (nSPS) is 27.2. The largest absolute Gasteiger partial charge is 0.508 e. The zero-order valence-electron chi connectivity index (χ0n) is 14.0. The van der Waals surface area contributed by atoms with Gasteiger partial charge in [-0.2, -0.15) is 13.2 Å². The summed E-state index contributed by atoms with van der Waals surface area (Å²) in [6.45, 7) is 1.59.